The molecule has 1 aromatic rings. The minimum atomic E-state index is -2.48. The third-order valence-corrected chi connectivity index (χ3v) is 6.66. The lowest BCUT2D eigenvalue weighted by atomic mass is 9.98. The Hall–Kier alpha value is -4.13. The number of hydrogen-bond acceptors (Lipinski definition) is 17. The molecule has 0 aromatic heterocycles. The number of rotatable bonds is 12. The van der Waals surface area contributed by atoms with Crippen LogP contribution in [-0.4, -0.2) is 125 Å². The summed E-state index contributed by atoms with van der Waals surface area (Å²) in [5.74, 6) is -6.87. The minimum Gasteiger partial charge on any atom is -0.508 e. The van der Waals surface area contributed by atoms with Crippen LogP contribution >= 0.6 is 0 Å². The quantitative estimate of drug-likeness (QED) is 0.118. The molecule has 254 valence electrons. The van der Waals surface area contributed by atoms with Gasteiger partial charge in [0, 0.05) is 33.8 Å². The Morgan fingerprint density at radius 3 is 1.93 bits per heavy atom. The fraction of sp³-hybridized carbons (Fsp3) is 0.552. The van der Waals surface area contributed by atoms with Gasteiger partial charge in [-0.15, -0.1) is 0 Å². The Morgan fingerprint density at radius 2 is 1.37 bits per heavy atom. The van der Waals surface area contributed by atoms with Gasteiger partial charge in [0.1, 0.15) is 56.1 Å². The van der Waals surface area contributed by atoms with Crippen LogP contribution in [0.2, 0.25) is 0 Å². The van der Waals surface area contributed by atoms with E-state index in [1.807, 2.05) is 0 Å². The molecule has 2 aliphatic heterocycles. The summed E-state index contributed by atoms with van der Waals surface area (Å²) < 4.78 is 43.3. The summed E-state index contributed by atoms with van der Waals surface area (Å²) in [6.07, 6.45) is -11.6. The Kier molecular flexibility index (Phi) is 12.6. The first kappa shape index (κ1) is 36.3. The first-order chi connectivity index (χ1) is 21.6. The Morgan fingerprint density at radius 1 is 0.783 bits per heavy atom. The van der Waals surface area contributed by atoms with Gasteiger partial charge in [0.15, 0.2) is 12.2 Å². The Labute approximate surface area is 262 Å². The number of benzene rings is 1. The number of aliphatic hydroxyl groups is 3. The van der Waals surface area contributed by atoms with Gasteiger partial charge in [-0.2, -0.15) is 0 Å². The van der Waals surface area contributed by atoms with Crippen molar-refractivity contribution in [2.75, 3.05) is 19.8 Å². The molecule has 2 saturated heterocycles. The van der Waals surface area contributed by atoms with Gasteiger partial charge in [0.2, 0.25) is 12.1 Å². The van der Waals surface area contributed by atoms with Crippen LogP contribution in [0.3, 0.4) is 0 Å². The summed E-state index contributed by atoms with van der Waals surface area (Å²) in [5.41, 5.74) is 0.485. The maximum absolute atomic E-state index is 13.0. The van der Waals surface area contributed by atoms with E-state index in [1.54, 1.807) is 0 Å². The molecule has 1 aromatic carbocycles. The van der Waals surface area contributed by atoms with Crippen molar-refractivity contribution in [3.05, 3.63) is 35.9 Å². The topological polar surface area (TPSA) is 240 Å². The molecule has 0 saturated carbocycles. The van der Waals surface area contributed by atoms with Crippen molar-refractivity contribution in [1.29, 1.82) is 0 Å². The maximum atomic E-state index is 13.0. The van der Waals surface area contributed by atoms with Crippen LogP contribution in [0.25, 0.3) is 6.08 Å². The summed E-state index contributed by atoms with van der Waals surface area (Å²) in [5, 5.41) is 42.2. The van der Waals surface area contributed by atoms with E-state index in [1.165, 1.54) is 30.3 Å². The lowest BCUT2D eigenvalue weighted by Gasteiger charge is -2.44. The average Bonchev–Trinajstić information content (AvgIpc) is 3.23. The Bertz CT molecular complexity index is 1280. The number of phenols is 1. The van der Waals surface area contributed by atoms with E-state index >= 15 is 0 Å². The van der Waals surface area contributed by atoms with E-state index in [2.05, 4.69) is 0 Å². The molecule has 0 aliphatic carbocycles. The van der Waals surface area contributed by atoms with Crippen molar-refractivity contribution in [2.45, 2.75) is 82.5 Å². The van der Waals surface area contributed by atoms with Gasteiger partial charge in [0.05, 0.1) is 0 Å². The first-order valence-corrected chi connectivity index (χ1v) is 13.9. The van der Waals surface area contributed by atoms with Crippen LogP contribution < -0.4 is 0 Å². The molecule has 3 rings (SSSR count). The highest BCUT2D eigenvalue weighted by Gasteiger charge is 2.62. The zero-order valence-corrected chi connectivity index (χ0v) is 25.3. The van der Waals surface area contributed by atoms with Crippen LogP contribution in [0.15, 0.2) is 30.3 Å². The van der Waals surface area contributed by atoms with Gasteiger partial charge < -0.3 is 58.3 Å². The fourth-order valence-corrected chi connectivity index (χ4v) is 4.55. The molecule has 0 unspecified atom stereocenters. The second-order valence-corrected chi connectivity index (χ2v) is 10.3. The molecule has 17 heteroatoms. The molecule has 17 nitrogen and oxygen atoms in total. The van der Waals surface area contributed by atoms with Crippen molar-refractivity contribution in [3.63, 3.8) is 0 Å². The fourth-order valence-electron chi connectivity index (χ4n) is 4.55. The van der Waals surface area contributed by atoms with Crippen molar-refractivity contribution < 1.29 is 82.3 Å². The van der Waals surface area contributed by atoms with E-state index in [0.29, 0.717) is 5.56 Å². The lowest BCUT2D eigenvalue weighted by molar-refractivity contribution is -0.384. The largest absolute Gasteiger partial charge is 0.508 e. The van der Waals surface area contributed by atoms with Crippen molar-refractivity contribution in [1.82, 2.24) is 0 Å². The van der Waals surface area contributed by atoms with Gasteiger partial charge >= 0.3 is 29.8 Å². The molecule has 2 fully saturated rings. The van der Waals surface area contributed by atoms with E-state index in [4.69, 9.17) is 37.9 Å². The van der Waals surface area contributed by atoms with Crippen molar-refractivity contribution in [2.24, 2.45) is 0 Å². The molecule has 0 bridgehead atoms. The van der Waals surface area contributed by atoms with Gasteiger partial charge in [-0.25, -0.2) is 4.79 Å². The molecule has 4 N–H and O–H groups in total. The molecule has 9 atom stereocenters. The predicted octanol–water partition coefficient (Wildman–Crippen LogP) is -1.14. The molecule has 2 heterocycles. The van der Waals surface area contributed by atoms with Crippen LogP contribution in [0, 0.1) is 0 Å². The van der Waals surface area contributed by atoms with E-state index < -0.39 is 104 Å². The molecule has 0 amide bonds. The lowest BCUT2D eigenvalue weighted by Crippen LogP contribution is -2.64. The van der Waals surface area contributed by atoms with Gasteiger partial charge in [-0.1, -0.05) is 12.1 Å². The monoisotopic (exact) mass is 656 g/mol. The summed E-state index contributed by atoms with van der Waals surface area (Å²) in [7, 11) is 0. The second kappa shape index (κ2) is 15.9. The average molecular weight is 657 g/mol. The van der Waals surface area contributed by atoms with Gasteiger partial charge in [-0.3, -0.25) is 19.2 Å². The number of carbonyl (C=O) groups excluding carboxylic acids is 5. The smallest absolute Gasteiger partial charge is 0.331 e. The zero-order chi connectivity index (χ0) is 34.2. The highest BCUT2D eigenvalue weighted by atomic mass is 16.8. The molecule has 46 heavy (non-hydrogen) atoms. The Balaban J connectivity index is 2.02. The summed E-state index contributed by atoms with van der Waals surface area (Å²) in [6.45, 7) is 2.13. The third-order valence-electron chi connectivity index (χ3n) is 6.66. The standard InChI is InChI=1S/C29H36O17/c1-14(30)39-11-20-23(36)25(38)26(42-17(4)33)28(43-20)46-29(13-41-16(3)32)27(24(37)21(45-29)12-40-15(2)31)44-22(35)10-7-18-5-8-19(34)9-6-18/h5-10,20-21,23-28,34,36-38H,11-13H2,1-4H3/b10-7-/t20-,21-,23-,24-,25+,26-,27+,28-,29+/m1/s1. The number of ether oxygens (including phenoxy) is 8. The van der Waals surface area contributed by atoms with Gasteiger partial charge in [0.25, 0.3) is 0 Å². The van der Waals surface area contributed by atoms with Crippen molar-refractivity contribution in [3.8, 4) is 5.75 Å². The highest BCUT2D eigenvalue weighted by molar-refractivity contribution is 5.87. The SMILES string of the molecule is CC(=O)OC[C@H]1O[C@@](COC(C)=O)(O[C@H]2O[C@H](COC(C)=O)[C@@H](O)[C@H](O)[C@H]2OC(C)=O)[C@@H](OC(=O)/C=C\c2ccc(O)cc2)[C@@H]1O. The normalized spacial score (nSPS) is 30.8. The molecular weight excluding hydrogens is 620 g/mol. The molecule has 2 aliphatic rings. The van der Waals surface area contributed by atoms with E-state index in [-0.39, 0.29) is 5.75 Å². The highest BCUT2D eigenvalue weighted by Crippen LogP contribution is 2.39. The van der Waals surface area contributed by atoms with Crippen LogP contribution in [-0.2, 0) is 61.9 Å². The summed E-state index contributed by atoms with van der Waals surface area (Å²) in [4.78, 5) is 59.8. The number of esters is 5. The number of aromatic hydroxyl groups is 1. The maximum Gasteiger partial charge on any atom is 0.331 e. The third kappa shape index (κ3) is 9.68. The molecule has 0 radical (unpaired) electrons. The summed E-state index contributed by atoms with van der Waals surface area (Å²) in [6, 6.07) is 5.75. The number of hydrogen-bond donors (Lipinski definition) is 4. The van der Waals surface area contributed by atoms with E-state index in [9.17, 15) is 44.4 Å². The molecular formula is C29H36O17. The minimum absolute atomic E-state index is 0.0121. The first-order valence-electron chi connectivity index (χ1n) is 13.9. The predicted molar refractivity (Wildman–Crippen MR) is 148 cm³/mol. The van der Waals surface area contributed by atoms with Crippen molar-refractivity contribution >= 4 is 35.9 Å². The summed E-state index contributed by atoms with van der Waals surface area (Å²) >= 11 is 0. The number of carbonyl (C=O) groups is 5. The van der Waals surface area contributed by atoms with Crippen LogP contribution in [0.1, 0.15) is 33.3 Å². The van der Waals surface area contributed by atoms with E-state index in [0.717, 1.165) is 33.8 Å². The van der Waals surface area contributed by atoms with Crippen LogP contribution in [0.4, 0.5) is 0 Å². The number of phenolic OH excluding ortho intramolecular Hbond substituents is 1. The van der Waals surface area contributed by atoms with Gasteiger partial charge in [-0.05, 0) is 23.8 Å². The number of aliphatic hydroxyl groups excluding tert-OH is 3. The second-order valence-electron chi connectivity index (χ2n) is 10.3. The van der Waals surface area contributed by atoms with Crippen LogP contribution in [0.5, 0.6) is 5.75 Å². The molecule has 0 spiro atoms. The zero-order valence-electron chi connectivity index (χ0n) is 25.3.